The van der Waals surface area contributed by atoms with E-state index in [0.717, 1.165) is 6.04 Å². The molecular weight excluding hydrogens is 124 g/mol. The number of hydrogen-bond donors (Lipinski definition) is 2. The standard InChI is InChI=1S/C8H18N2/c1-2-3-4-5-9-6-8-7-10-8/h8-10H,2-7H2,1H3. The van der Waals surface area contributed by atoms with Crippen molar-refractivity contribution in [2.75, 3.05) is 19.6 Å². The Balaban J connectivity index is 1.68. The van der Waals surface area contributed by atoms with E-state index in [9.17, 15) is 0 Å². The van der Waals surface area contributed by atoms with Crippen molar-refractivity contribution in [1.82, 2.24) is 10.6 Å². The van der Waals surface area contributed by atoms with Gasteiger partial charge in [0.2, 0.25) is 0 Å². The number of hydrogen-bond acceptors (Lipinski definition) is 2. The van der Waals surface area contributed by atoms with Crippen molar-refractivity contribution in [2.24, 2.45) is 0 Å². The maximum atomic E-state index is 3.42. The average molecular weight is 142 g/mol. The molecule has 0 amide bonds. The minimum atomic E-state index is 0.793. The molecule has 1 atom stereocenters. The van der Waals surface area contributed by atoms with Crippen LogP contribution in [0.25, 0.3) is 0 Å². The zero-order chi connectivity index (χ0) is 7.23. The van der Waals surface area contributed by atoms with Gasteiger partial charge in [-0.05, 0) is 13.0 Å². The second-order valence-corrected chi connectivity index (χ2v) is 3.02. The summed E-state index contributed by atoms with van der Waals surface area (Å²) in [6.07, 6.45) is 4.03. The quantitative estimate of drug-likeness (QED) is 0.423. The average Bonchev–Trinajstić information content (AvgIpc) is 2.71. The molecule has 10 heavy (non-hydrogen) atoms. The summed E-state index contributed by atoms with van der Waals surface area (Å²) in [5, 5.41) is 6.68. The van der Waals surface area contributed by atoms with Gasteiger partial charge >= 0.3 is 0 Å². The third-order valence-corrected chi connectivity index (χ3v) is 1.84. The van der Waals surface area contributed by atoms with Crippen LogP contribution in [0.4, 0.5) is 0 Å². The summed E-state index contributed by atoms with van der Waals surface area (Å²) in [4.78, 5) is 0. The fraction of sp³-hybridized carbons (Fsp3) is 1.00. The van der Waals surface area contributed by atoms with E-state index in [4.69, 9.17) is 0 Å². The lowest BCUT2D eigenvalue weighted by Gasteiger charge is -2.00. The summed E-state index contributed by atoms with van der Waals surface area (Å²) < 4.78 is 0. The summed E-state index contributed by atoms with van der Waals surface area (Å²) in [5.41, 5.74) is 0. The van der Waals surface area contributed by atoms with Crippen molar-refractivity contribution in [2.45, 2.75) is 32.2 Å². The number of rotatable bonds is 6. The summed E-state index contributed by atoms with van der Waals surface area (Å²) in [6.45, 7) is 5.83. The highest BCUT2D eigenvalue weighted by molar-refractivity contribution is 4.84. The predicted octanol–water partition coefficient (Wildman–Crippen LogP) is 0.738. The highest BCUT2D eigenvalue weighted by atomic mass is 15.1. The zero-order valence-electron chi connectivity index (χ0n) is 6.82. The smallest absolute Gasteiger partial charge is 0.0318 e. The molecule has 0 saturated carbocycles. The molecule has 0 spiro atoms. The molecule has 0 bridgehead atoms. The van der Waals surface area contributed by atoms with Crippen LogP contribution in [0.2, 0.25) is 0 Å². The van der Waals surface area contributed by atoms with E-state index in [1.165, 1.54) is 38.9 Å². The summed E-state index contributed by atoms with van der Waals surface area (Å²) in [6, 6.07) is 0.793. The van der Waals surface area contributed by atoms with Crippen LogP contribution < -0.4 is 10.6 Å². The highest BCUT2D eigenvalue weighted by Gasteiger charge is 2.17. The van der Waals surface area contributed by atoms with Crippen LogP contribution in [0.5, 0.6) is 0 Å². The van der Waals surface area contributed by atoms with Gasteiger partial charge in [0.15, 0.2) is 0 Å². The SMILES string of the molecule is CCCCCNCC1CN1. The molecule has 1 rings (SSSR count). The van der Waals surface area contributed by atoms with E-state index >= 15 is 0 Å². The summed E-state index contributed by atoms with van der Waals surface area (Å²) >= 11 is 0. The topological polar surface area (TPSA) is 34.0 Å². The maximum Gasteiger partial charge on any atom is 0.0318 e. The molecule has 0 aliphatic carbocycles. The van der Waals surface area contributed by atoms with Crippen LogP contribution in [0.15, 0.2) is 0 Å². The predicted molar refractivity (Wildman–Crippen MR) is 44.2 cm³/mol. The third kappa shape index (κ3) is 3.85. The Kier molecular flexibility index (Phi) is 3.76. The van der Waals surface area contributed by atoms with Crippen LogP contribution >= 0.6 is 0 Å². The Bertz CT molecular complexity index is 79.3. The molecule has 1 unspecified atom stereocenters. The molecule has 1 fully saturated rings. The molecule has 1 aliphatic heterocycles. The molecule has 0 aromatic heterocycles. The minimum Gasteiger partial charge on any atom is -0.315 e. The van der Waals surface area contributed by atoms with Gasteiger partial charge in [0, 0.05) is 19.1 Å². The van der Waals surface area contributed by atoms with Gasteiger partial charge < -0.3 is 10.6 Å². The van der Waals surface area contributed by atoms with Gasteiger partial charge in [0.1, 0.15) is 0 Å². The molecular formula is C8H18N2. The van der Waals surface area contributed by atoms with E-state index in [1.807, 2.05) is 0 Å². The molecule has 1 heterocycles. The van der Waals surface area contributed by atoms with Gasteiger partial charge in [-0.3, -0.25) is 0 Å². The van der Waals surface area contributed by atoms with Crippen molar-refractivity contribution >= 4 is 0 Å². The van der Waals surface area contributed by atoms with E-state index in [-0.39, 0.29) is 0 Å². The van der Waals surface area contributed by atoms with E-state index in [2.05, 4.69) is 17.6 Å². The molecule has 2 heteroatoms. The van der Waals surface area contributed by atoms with Crippen LogP contribution in [-0.4, -0.2) is 25.7 Å². The Hall–Kier alpha value is -0.0800. The van der Waals surface area contributed by atoms with Crippen molar-refractivity contribution in [3.63, 3.8) is 0 Å². The monoisotopic (exact) mass is 142 g/mol. The van der Waals surface area contributed by atoms with Crippen LogP contribution in [0, 0.1) is 0 Å². The normalized spacial score (nSPS) is 23.1. The lowest BCUT2D eigenvalue weighted by Crippen LogP contribution is -2.21. The Morgan fingerprint density at radius 1 is 1.50 bits per heavy atom. The van der Waals surface area contributed by atoms with Gasteiger partial charge in [-0.15, -0.1) is 0 Å². The van der Waals surface area contributed by atoms with Crippen LogP contribution in [0.3, 0.4) is 0 Å². The fourth-order valence-corrected chi connectivity index (χ4v) is 1.00. The minimum absolute atomic E-state index is 0.793. The molecule has 0 aromatic carbocycles. The van der Waals surface area contributed by atoms with Crippen molar-refractivity contribution < 1.29 is 0 Å². The molecule has 1 saturated heterocycles. The first kappa shape index (κ1) is 8.02. The van der Waals surface area contributed by atoms with Gasteiger partial charge in [-0.25, -0.2) is 0 Å². The Morgan fingerprint density at radius 3 is 2.90 bits per heavy atom. The van der Waals surface area contributed by atoms with Gasteiger partial charge in [-0.1, -0.05) is 19.8 Å². The zero-order valence-corrected chi connectivity index (χ0v) is 6.82. The molecule has 60 valence electrons. The third-order valence-electron chi connectivity index (χ3n) is 1.84. The van der Waals surface area contributed by atoms with Crippen molar-refractivity contribution in [3.05, 3.63) is 0 Å². The lowest BCUT2D eigenvalue weighted by atomic mass is 10.2. The van der Waals surface area contributed by atoms with Crippen molar-refractivity contribution in [1.29, 1.82) is 0 Å². The molecule has 1 aliphatic rings. The Labute approximate surface area is 63.4 Å². The molecule has 2 nitrogen and oxygen atoms in total. The van der Waals surface area contributed by atoms with Crippen molar-refractivity contribution in [3.8, 4) is 0 Å². The number of nitrogens with one attached hydrogen (secondary N) is 2. The van der Waals surface area contributed by atoms with Gasteiger partial charge in [-0.2, -0.15) is 0 Å². The van der Waals surface area contributed by atoms with E-state index in [0.29, 0.717) is 0 Å². The van der Waals surface area contributed by atoms with E-state index in [1.54, 1.807) is 0 Å². The molecule has 0 radical (unpaired) electrons. The first-order valence-electron chi connectivity index (χ1n) is 4.37. The van der Waals surface area contributed by atoms with E-state index < -0.39 is 0 Å². The summed E-state index contributed by atoms with van der Waals surface area (Å²) in [7, 11) is 0. The highest BCUT2D eigenvalue weighted by Crippen LogP contribution is 1.94. The first-order chi connectivity index (χ1) is 4.93. The van der Waals surface area contributed by atoms with Crippen LogP contribution in [0.1, 0.15) is 26.2 Å². The van der Waals surface area contributed by atoms with Gasteiger partial charge in [0.25, 0.3) is 0 Å². The maximum absolute atomic E-state index is 3.42. The number of unbranched alkanes of at least 4 members (excludes halogenated alkanes) is 2. The second kappa shape index (κ2) is 4.69. The van der Waals surface area contributed by atoms with Crippen LogP contribution in [-0.2, 0) is 0 Å². The fourth-order valence-electron chi connectivity index (χ4n) is 1.00. The molecule has 2 N–H and O–H groups in total. The first-order valence-corrected chi connectivity index (χ1v) is 4.37. The van der Waals surface area contributed by atoms with Gasteiger partial charge in [0.05, 0.1) is 0 Å². The largest absolute Gasteiger partial charge is 0.315 e. The molecule has 0 aromatic rings. The Morgan fingerprint density at radius 2 is 2.30 bits per heavy atom. The lowest BCUT2D eigenvalue weighted by molar-refractivity contribution is 0.613. The second-order valence-electron chi connectivity index (χ2n) is 3.02. The summed E-state index contributed by atoms with van der Waals surface area (Å²) in [5.74, 6) is 0.